The first-order chi connectivity index (χ1) is 11.2. The van der Waals surface area contributed by atoms with Crippen molar-refractivity contribution in [2.75, 3.05) is 13.3 Å². The van der Waals surface area contributed by atoms with Crippen LogP contribution in [0.15, 0.2) is 4.52 Å². The van der Waals surface area contributed by atoms with Gasteiger partial charge >= 0.3 is 0 Å². The summed E-state index contributed by atoms with van der Waals surface area (Å²) in [5.74, 6) is 2.11. The van der Waals surface area contributed by atoms with Crippen molar-refractivity contribution in [2.45, 2.75) is 75.0 Å². The van der Waals surface area contributed by atoms with Crippen molar-refractivity contribution in [3.63, 3.8) is 0 Å². The van der Waals surface area contributed by atoms with E-state index in [4.69, 9.17) is 4.52 Å². The molecule has 2 fully saturated rings. The molecule has 0 radical (unpaired) electrons. The van der Waals surface area contributed by atoms with Crippen LogP contribution in [0.4, 0.5) is 0 Å². The lowest BCUT2D eigenvalue weighted by Gasteiger charge is -2.28. The lowest BCUT2D eigenvalue weighted by molar-refractivity contribution is -0.131. The molecule has 2 atom stereocenters. The Bertz CT molecular complexity index is 528. The van der Waals surface area contributed by atoms with Crippen molar-refractivity contribution < 1.29 is 9.32 Å². The van der Waals surface area contributed by atoms with Gasteiger partial charge in [-0.1, -0.05) is 24.4 Å². The van der Waals surface area contributed by atoms with Crippen molar-refractivity contribution in [1.29, 1.82) is 0 Å². The van der Waals surface area contributed by atoms with Crippen LogP contribution in [0.2, 0.25) is 0 Å². The van der Waals surface area contributed by atoms with Gasteiger partial charge in [-0.2, -0.15) is 16.7 Å². The first-order valence-electron chi connectivity index (χ1n) is 8.80. The molecule has 6 heteroatoms. The minimum Gasteiger partial charge on any atom is -0.342 e. The van der Waals surface area contributed by atoms with Crippen LogP contribution in [-0.4, -0.2) is 45.5 Å². The van der Waals surface area contributed by atoms with Gasteiger partial charge in [-0.25, -0.2) is 0 Å². The summed E-state index contributed by atoms with van der Waals surface area (Å²) in [5, 5.41) is 4.69. The van der Waals surface area contributed by atoms with E-state index < -0.39 is 0 Å². The monoisotopic (exact) mass is 337 g/mol. The van der Waals surface area contributed by atoms with Gasteiger partial charge < -0.3 is 9.42 Å². The Balaban J connectivity index is 1.50. The van der Waals surface area contributed by atoms with E-state index in [1.807, 2.05) is 23.7 Å². The Morgan fingerprint density at radius 2 is 2.04 bits per heavy atom. The van der Waals surface area contributed by atoms with Crippen LogP contribution >= 0.6 is 11.8 Å². The molecule has 0 N–H and O–H groups in total. The van der Waals surface area contributed by atoms with Gasteiger partial charge in [-0.3, -0.25) is 4.79 Å². The molecule has 0 spiro atoms. The second kappa shape index (κ2) is 7.69. The molecule has 0 aromatic carbocycles. The predicted octanol–water partition coefficient (Wildman–Crippen LogP) is 3.40. The third-order valence-electron chi connectivity index (χ3n) is 5.37. The fraction of sp³-hybridized carbons (Fsp3) is 0.824. The lowest BCUT2D eigenvalue weighted by atomic mass is 10.1. The highest BCUT2D eigenvalue weighted by molar-refractivity contribution is 7.99. The Kier molecular flexibility index (Phi) is 5.62. The molecular weight excluding hydrogens is 310 g/mol. The molecule has 1 amide bonds. The highest BCUT2D eigenvalue weighted by atomic mass is 32.2. The minimum absolute atomic E-state index is 0.191. The zero-order valence-electron chi connectivity index (χ0n) is 14.2. The fourth-order valence-corrected chi connectivity index (χ4v) is 4.95. The summed E-state index contributed by atoms with van der Waals surface area (Å²) in [7, 11) is 1.94. The van der Waals surface area contributed by atoms with Gasteiger partial charge in [0.1, 0.15) is 0 Å². The van der Waals surface area contributed by atoms with Crippen LogP contribution in [0.1, 0.15) is 69.0 Å². The maximum absolute atomic E-state index is 12.5. The lowest BCUT2D eigenvalue weighted by Crippen LogP contribution is -2.40. The molecule has 128 valence electrons. The summed E-state index contributed by atoms with van der Waals surface area (Å²) in [5.41, 5.74) is 0. The molecule has 2 aliphatic rings. The number of carbonyl (C=O) groups is 1. The molecule has 23 heavy (non-hydrogen) atoms. The zero-order chi connectivity index (χ0) is 16.2. The number of hydrogen-bond acceptors (Lipinski definition) is 5. The van der Waals surface area contributed by atoms with E-state index in [-0.39, 0.29) is 5.91 Å². The summed E-state index contributed by atoms with van der Waals surface area (Å²) in [4.78, 5) is 18.9. The van der Waals surface area contributed by atoms with Crippen molar-refractivity contribution in [3.05, 3.63) is 11.7 Å². The summed E-state index contributed by atoms with van der Waals surface area (Å²) in [6.45, 7) is 0. The van der Waals surface area contributed by atoms with Gasteiger partial charge in [0.25, 0.3) is 0 Å². The predicted molar refractivity (Wildman–Crippen MR) is 91.5 cm³/mol. The summed E-state index contributed by atoms with van der Waals surface area (Å²) in [6.07, 6.45) is 11.6. The number of carbonyl (C=O) groups excluding carboxylic acids is 1. The van der Waals surface area contributed by atoms with Gasteiger partial charge in [0, 0.05) is 37.1 Å². The van der Waals surface area contributed by atoms with Crippen LogP contribution < -0.4 is 0 Å². The molecule has 1 aromatic heterocycles. The van der Waals surface area contributed by atoms with E-state index in [2.05, 4.69) is 16.4 Å². The molecule has 2 saturated carbocycles. The van der Waals surface area contributed by atoms with Crippen LogP contribution in [0.3, 0.4) is 0 Å². The number of nitrogens with zero attached hydrogens (tertiary/aromatic N) is 3. The van der Waals surface area contributed by atoms with Gasteiger partial charge in [-0.15, -0.1) is 0 Å². The summed E-state index contributed by atoms with van der Waals surface area (Å²) in [6, 6.07) is 0.384. The van der Waals surface area contributed by atoms with Gasteiger partial charge in [-0.05, 0) is 31.9 Å². The fourth-order valence-electron chi connectivity index (χ4n) is 3.92. The average molecular weight is 337 g/mol. The Morgan fingerprint density at radius 3 is 2.78 bits per heavy atom. The molecule has 1 heterocycles. The maximum atomic E-state index is 12.5. The smallest absolute Gasteiger partial charge is 0.227 e. The minimum atomic E-state index is 0.191. The standard InChI is InChI=1S/C17H27N3O2S/c1-20(13-8-5-9-14(13)23-2)16(21)11-10-15-18-17(19-22-15)12-6-3-4-7-12/h12-14H,3-11H2,1-2H3/t13-,14+/m1/s1. The number of rotatable bonds is 6. The van der Waals surface area contributed by atoms with Gasteiger partial charge in [0.2, 0.25) is 11.8 Å². The van der Waals surface area contributed by atoms with E-state index in [1.54, 1.807) is 0 Å². The van der Waals surface area contributed by atoms with E-state index in [9.17, 15) is 4.79 Å². The number of aromatic nitrogens is 2. The third kappa shape index (κ3) is 3.90. The molecule has 3 rings (SSSR count). The second-order valence-electron chi connectivity index (χ2n) is 6.80. The zero-order valence-corrected chi connectivity index (χ0v) is 15.0. The van der Waals surface area contributed by atoms with E-state index in [0.717, 1.165) is 12.2 Å². The van der Waals surface area contributed by atoms with Crippen LogP contribution in [0.25, 0.3) is 0 Å². The van der Waals surface area contributed by atoms with E-state index in [0.29, 0.717) is 35.9 Å². The normalized spacial score (nSPS) is 25.1. The Morgan fingerprint density at radius 1 is 1.26 bits per heavy atom. The average Bonchev–Trinajstić information content (AvgIpc) is 3.32. The molecule has 1 aromatic rings. The highest BCUT2D eigenvalue weighted by Gasteiger charge is 2.32. The SMILES string of the molecule is CS[C@H]1CCC[C@H]1N(C)C(=O)CCc1nc(C2CCCC2)no1. The molecular formula is C17H27N3O2S. The molecule has 2 aliphatic carbocycles. The number of hydrogen-bond donors (Lipinski definition) is 0. The maximum Gasteiger partial charge on any atom is 0.227 e. The van der Waals surface area contributed by atoms with Crippen molar-refractivity contribution in [2.24, 2.45) is 0 Å². The quantitative estimate of drug-likeness (QED) is 0.796. The molecule has 0 saturated heterocycles. The number of aryl methyl sites for hydroxylation is 1. The summed E-state index contributed by atoms with van der Waals surface area (Å²) >= 11 is 1.88. The topological polar surface area (TPSA) is 59.2 Å². The van der Waals surface area contributed by atoms with Crippen molar-refractivity contribution in [3.8, 4) is 0 Å². The van der Waals surface area contributed by atoms with Crippen LogP contribution in [-0.2, 0) is 11.2 Å². The van der Waals surface area contributed by atoms with E-state index in [1.165, 1.54) is 38.5 Å². The third-order valence-corrected chi connectivity index (χ3v) is 6.52. The van der Waals surface area contributed by atoms with Crippen molar-refractivity contribution >= 4 is 17.7 Å². The molecule has 5 nitrogen and oxygen atoms in total. The number of thioether (sulfide) groups is 1. The molecule has 0 aliphatic heterocycles. The molecule has 0 bridgehead atoms. The molecule has 0 unspecified atom stereocenters. The van der Waals surface area contributed by atoms with E-state index >= 15 is 0 Å². The van der Waals surface area contributed by atoms with Gasteiger partial charge in [0.15, 0.2) is 5.82 Å². The van der Waals surface area contributed by atoms with Crippen LogP contribution in [0.5, 0.6) is 0 Å². The number of amides is 1. The van der Waals surface area contributed by atoms with Crippen LogP contribution in [0, 0.1) is 0 Å². The largest absolute Gasteiger partial charge is 0.342 e. The Hall–Kier alpha value is -1.04. The highest BCUT2D eigenvalue weighted by Crippen LogP contribution is 2.33. The first kappa shape index (κ1) is 16.8. The summed E-state index contributed by atoms with van der Waals surface area (Å²) < 4.78 is 5.34. The van der Waals surface area contributed by atoms with Crippen molar-refractivity contribution in [1.82, 2.24) is 15.0 Å². The Labute approximate surface area is 142 Å². The van der Waals surface area contributed by atoms with Gasteiger partial charge in [0.05, 0.1) is 0 Å². The second-order valence-corrected chi connectivity index (χ2v) is 7.88. The first-order valence-corrected chi connectivity index (χ1v) is 10.1.